The summed E-state index contributed by atoms with van der Waals surface area (Å²) >= 11 is 1.85. The standard InChI is InChI=1S/C15H22OS/c1-15(2,3)12-13(16)10-8-5-6-9(7-8)11(10)14(12)17-4/h8-11H,5-7H2,1-4H3. The SMILES string of the molecule is CSC1=C(C(C)(C)C)C(=O)C2C3CCC(C3)C12. The largest absolute Gasteiger partial charge is 0.294 e. The van der Waals surface area contributed by atoms with Gasteiger partial charge in [0.05, 0.1) is 0 Å². The fourth-order valence-electron chi connectivity index (χ4n) is 4.48. The Labute approximate surface area is 108 Å². The minimum absolute atomic E-state index is 0.0270. The van der Waals surface area contributed by atoms with Crippen LogP contribution in [0.2, 0.25) is 0 Å². The van der Waals surface area contributed by atoms with Crippen LogP contribution in [-0.4, -0.2) is 12.0 Å². The maximum Gasteiger partial charge on any atom is 0.164 e. The average molecular weight is 250 g/mol. The molecule has 0 saturated heterocycles. The molecule has 0 aromatic rings. The monoisotopic (exact) mass is 250 g/mol. The van der Waals surface area contributed by atoms with Gasteiger partial charge >= 0.3 is 0 Å². The van der Waals surface area contributed by atoms with Gasteiger partial charge in [0.2, 0.25) is 0 Å². The maximum absolute atomic E-state index is 12.7. The lowest BCUT2D eigenvalue weighted by Crippen LogP contribution is -2.26. The van der Waals surface area contributed by atoms with Crippen LogP contribution < -0.4 is 0 Å². The first-order chi connectivity index (χ1) is 7.95. The van der Waals surface area contributed by atoms with Crippen molar-refractivity contribution < 1.29 is 4.79 Å². The molecule has 0 spiro atoms. The van der Waals surface area contributed by atoms with Crippen LogP contribution in [0.4, 0.5) is 0 Å². The zero-order valence-corrected chi connectivity index (χ0v) is 12.1. The Hall–Kier alpha value is -0.240. The van der Waals surface area contributed by atoms with Crippen molar-refractivity contribution in [2.75, 3.05) is 6.26 Å². The second kappa shape index (κ2) is 3.63. The summed E-state index contributed by atoms with van der Waals surface area (Å²) in [5.41, 5.74) is 1.19. The molecule has 0 radical (unpaired) electrons. The summed E-state index contributed by atoms with van der Waals surface area (Å²) in [6, 6.07) is 0. The number of hydrogen-bond acceptors (Lipinski definition) is 2. The molecule has 1 nitrogen and oxygen atoms in total. The molecule has 0 aromatic carbocycles. The number of Topliss-reactive ketones (excluding diaryl/α,β-unsaturated/α-hetero) is 1. The molecule has 3 aliphatic rings. The molecule has 3 aliphatic carbocycles. The van der Waals surface area contributed by atoms with Crippen molar-refractivity contribution in [3.8, 4) is 0 Å². The van der Waals surface area contributed by atoms with Crippen LogP contribution in [0.3, 0.4) is 0 Å². The summed E-state index contributed by atoms with van der Waals surface area (Å²) in [7, 11) is 0. The molecule has 3 rings (SSSR count). The highest BCUT2D eigenvalue weighted by molar-refractivity contribution is 8.02. The van der Waals surface area contributed by atoms with Crippen LogP contribution in [0.5, 0.6) is 0 Å². The highest BCUT2D eigenvalue weighted by Crippen LogP contribution is 2.62. The topological polar surface area (TPSA) is 17.1 Å². The summed E-state index contributed by atoms with van der Waals surface area (Å²) < 4.78 is 0. The molecule has 0 aromatic heterocycles. The third-order valence-corrected chi connectivity index (χ3v) is 5.90. The van der Waals surface area contributed by atoms with Gasteiger partial charge in [-0.1, -0.05) is 20.8 Å². The predicted molar refractivity (Wildman–Crippen MR) is 72.8 cm³/mol. The van der Waals surface area contributed by atoms with E-state index in [1.165, 1.54) is 24.2 Å². The molecule has 0 N–H and O–H groups in total. The number of carbonyl (C=O) groups is 1. The molecule has 4 unspecified atom stereocenters. The number of carbonyl (C=O) groups excluding carboxylic acids is 1. The average Bonchev–Trinajstić information content (AvgIpc) is 2.86. The van der Waals surface area contributed by atoms with E-state index in [1.54, 1.807) is 0 Å². The second-order valence-corrected chi connectivity index (χ2v) is 7.79. The van der Waals surface area contributed by atoms with Gasteiger partial charge in [0.1, 0.15) is 0 Å². The number of allylic oxidation sites excluding steroid dienone is 2. The van der Waals surface area contributed by atoms with E-state index >= 15 is 0 Å². The van der Waals surface area contributed by atoms with Gasteiger partial charge in [0.25, 0.3) is 0 Å². The second-order valence-electron chi connectivity index (χ2n) is 6.94. The highest BCUT2D eigenvalue weighted by atomic mass is 32.2. The number of thioether (sulfide) groups is 1. The molecule has 0 heterocycles. The molecule has 2 bridgehead atoms. The van der Waals surface area contributed by atoms with Crippen LogP contribution in [-0.2, 0) is 4.79 Å². The Morgan fingerprint density at radius 3 is 2.24 bits per heavy atom. The summed E-state index contributed by atoms with van der Waals surface area (Å²) in [6.07, 6.45) is 6.14. The molecule has 0 amide bonds. The molecular formula is C15H22OS. The van der Waals surface area contributed by atoms with Crippen LogP contribution in [0.15, 0.2) is 10.5 Å². The first-order valence-corrected chi connectivity index (χ1v) is 8.00. The van der Waals surface area contributed by atoms with E-state index in [9.17, 15) is 4.79 Å². The van der Waals surface area contributed by atoms with Crippen LogP contribution in [0.1, 0.15) is 40.0 Å². The van der Waals surface area contributed by atoms with Crippen LogP contribution >= 0.6 is 11.8 Å². The predicted octanol–water partition coefficient (Wildman–Crippen LogP) is 3.89. The summed E-state index contributed by atoms with van der Waals surface area (Å²) in [6.45, 7) is 6.58. The lowest BCUT2D eigenvalue weighted by atomic mass is 9.79. The van der Waals surface area contributed by atoms with Gasteiger partial charge in [0.15, 0.2) is 5.78 Å². The number of fused-ring (bicyclic) bond motifs is 5. The molecule has 94 valence electrons. The van der Waals surface area contributed by atoms with E-state index in [0.717, 1.165) is 11.5 Å². The lowest BCUT2D eigenvalue weighted by Gasteiger charge is -2.25. The summed E-state index contributed by atoms with van der Waals surface area (Å²) in [4.78, 5) is 14.2. The summed E-state index contributed by atoms with van der Waals surface area (Å²) in [5.74, 6) is 2.99. The van der Waals surface area contributed by atoms with Crippen molar-refractivity contribution in [1.82, 2.24) is 0 Å². The zero-order valence-electron chi connectivity index (χ0n) is 11.2. The maximum atomic E-state index is 12.7. The van der Waals surface area contributed by atoms with E-state index in [4.69, 9.17) is 0 Å². The van der Waals surface area contributed by atoms with Gasteiger partial charge in [-0.15, -0.1) is 11.8 Å². The Morgan fingerprint density at radius 2 is 1.71 bits per heavy atom. The van der Waals surface area contributed by atoms with E-state index < -0.39 is 0 Å². The van der Waals surface area contributed by atoms with E-state index in [-0.39, 0.29) is 5.41 Å². The number of rotatable bonds is 1. The highest BCUT2D eigenvalue weighted by Gasteiger charge is 2.57. The van der Waals surface area contributed by atoms with E-state index in [0.29, 0.717) is 23.5 Å². The van der Waals surface area contributed by atoms with Gasteiger partial charge in [-0.3, -0.25) is 4.79 Å². The molecule has 17 heavy (non-hydrogen) atoms. The van der Waals surface area contributed by atoms with Crippen molar-refractivity contribution in [2.24, 2.45) is 29.1 Å². The molecule has 4 atom stereocenters. The van der Waals surface area contributed by atoms with Crippen molar-refractivity contribution in [3.05, 3.63) is 10.5 Å². The fraction of sp³-hybridized carbons (Fsp3) is 0.800. The van der Waals surface area contributed by atoms with Gasteiger partial charge in [-0.25, -0.2) is 0 Å². The quantitative estimate of drug-likeness (QED) is 0.702. The molecule has 2 heteroatoms. The van der Waals surface area contributed by atoms with Gasteiger partial charge in [0, 0.05) is 17.4 Å². The normalized spacial score (nSPS) is 40.4. The van der Waals surface area contributed by atoms with Crippen molar-refractivity contribution in [3.63, 3.8) is 0 Å². The van der Waals surface area contributed by atoms with Gasteiger partial charge < -0.3 is 0 Å². The Balaban J connectivity index is 2.08. The van der Waals surface area contributed by atoms with Crippen molar-refractivity contribution in [1.29, 1.82) is 0 Å². The Bertz CT molecular complexity index is 402. The van der Waals surface area contributed by atoms with Crippen LogP contribution in [0.25, 0.3) is 0 Å². The van der Waals surface area contributed by atoms with E-state index in [1.807, 2.05) is 11.8 Å². The lowest BCUT2D eigenvalue weighted by molar-refractivity contribution is -0.121. The minimum atomic E-state index is 0.0270. The van der Waals surface area contributed by atoms with E-state index in [2.05, 4.69) is 27.0 Å². The Morgan fingerprint density at radius 1 is 1.12 bits per heavy atom. The molecule has 0 aliphatic heterocycles. The first-order valence-electron chi connectivity index (χ1n) is 6.78. The smallest absolute Gasteiger partial charge is 0.164 e. The molecule has 2 fully saturated rings. The number of hydrogen-bond donors (Lipinski definition) is 0. The third-order valence-electron chi connectivity index (χ3n) is 4.98. The third kappa shape index (κ3) is 1.49. The van der Waals surface area contributed by atoms with Crippen LogP contribution in [0, 0.1) is 29.1 Å². The Kier molecular flexibility index (Phi) is 2.52. The summed E-state index contributed by atoms with van der Waals surface area (Å²) in [5, 5.41) is 0. The first kappa shape index (κ1) is 11.8. The van der Waals surface area contributed by atoms with Gasteiger partial charge in [-0.05, 0) is 47.7 Å². The minimum Gasteiger partial charge on any atom is -0.294 e. The zero-order chi connectivity index (χ0) is 12.4. The molecule has 2 saturated carbocycles. The van der Waals surface area contributed by atoms with Crippen molar-refractivity contribution in [2.45, 2.75) is 40.0 Å². The van der Waals surface area contributed by atoms with Crippen molar-refractivity contribution >= 4 is 17.5 Å². The van der Waals surface area contributed by atoms with Gasteiger partial charge in [-0.2, -0.15) is 0 Å². The number of ketones is 1. The molecular weight excluding hydrogens is 228 g/mol. The fourth-order valence-corrected chi connectivity index (χ4v) is 5.70.